The topological polar surface area (TPSA) is 67.2 Å². The molecule has 3 heterocycles. The molecule has 2 N–H and O–H groups in total. The molecular formula is C15H21Cl2N3O2S. The molecule has 0 saturated carbocycles. The van der Waals surface area contributed by atoms with Crippen LogP contribution in [-0.2, 0) is 11.2 Å². The molecule has 0 aromatic carbocycles. The van der Waals surface area contributed by atoms with Crippen LogP contribution in [0.5, 0.6) is 0 Å². The van der Waals surface area contributed by atoms with Crippen LogP contribution in [0.3, 0.4) is 0 Å². The Kier molecular flexibility index (Phi) is 8.05. The summed E-state index contributed by atoms with van der Waals surface area (Å²) in [6.45, 7) is 3.86. The van der Waals surface area contributed by atoms with Crippen LogP contribution in [-0.4, -0.2) is 30.0 Å². The summed E-state index contributed by atoms with van der Waals surface area (Å²) in [6.07, 6.45) is 2.33. The Bertz CT molecular complexity index is 624. The van der Waals surface area contributed by atoms with Gasteiger partial charge in [-0.1, -0.05) is 0 Å². The van der Waals surface area contributed by atoms with Gasteiger partial charge in [-0.15, -0.1) is 36.2 Å². The van der Waals surface area contributed by atoms with Crippen molar-refractivity contribution < 1.29 is 9.21 Å². The summed E-state index contributed by atoms with van der Waals surface area (Å²) in [5, 5.41) is 9.12. The molecule has 128 valence electrons. The zero-order valence-corrected chi connectivity index (χ0v) is 15.3. The highest BCUT2D eigenvalue weighted by Gasteiger charge is 2.17. The van der Waals surface area contributed by atoms with Gasteiger partial charge in [0.2, 0.25) is 5.91 Å². The number of rotatable bonds is 4. The summed E-state index contributed by atoms with van der Waals surface area (Å²) >= 11 is 1.51. The van der Waals surface area contributed by atoms with E-state index in [1.165, 1.54) is 11.3 Å². The van der Waals surface area contributed by atoms with E-state index in [-0.39, 0.29) is 30.7 Å². The molecule has 2 aromatic heterocycles. The third kappa shape index (κ3) is 5.49. The van der Waals surface area contributed by atoms with Gasteiger partial charge in [0.1, 0.15) is 5.76 Å². The predicted molar refractivity (Wildman–Crippen MR) is 96.8 cm³/mol. The Balaban J connectivity index is 0.00000132. The van der Waals surface area contributed by atoms with Crippen molar-refractivity contribution in [2.75, 3.05) is 13.1 Å². The number of furan rings is 1. The molecule has 8 heteroatoms. The molecule has 0 bridgehead atoms. The molecule has 0 radical (unpaired) electrons. The number of halogens is 2. The van der Waals surface area contributed by atoms with Crippen LogP contribution in [0.2, 0.25) is 0 Å². The molecule has 5 nitrogen and oxygen atoms in total. The largest absolute Gasteiger partial charge is 0.459 e. The Labute approximate surface area is 152 Å². The Hall–Kier alpha value is -1.08. The van der Waals surface area contributed by atoms with Gasteiger partial charge in [-0.25, -0.2) is 4.98 Å². The van der Waals surface area contributed by atoms with Gasteiger partial charge in [0.25, 0.3) is 0 Å². The van der Waals surface area contributed by atoms with Crippen molar-refractivity contribution in [3.8, 4) is 10.8 Å². The smallest absolute Gasteiger partial charge is 0.226 e. The van der Waals surface area contributed by atoms with Crippen LogP contribution in [0.25, 0.3) is 10.8 Å². The molecule has 0 unspecified atom stereocenters. The maximum absolute atomic E-state index is 12.0. The van der Waals surface area contributed by atoms with Gasteiger partial charge in [0.05, 0.1) is 12.1 Å². The molecule has 1 amide bonds. The number of hydrogen-bond donors (Lipinski definition) is 2. The number of carbonyl (C=O) groups is 1. The first-order valence-electron chi connectivity index (χ1n) is 7.22. The van der Waals surface area contributed by atoms with E-state index < -0.39 is 0 Å². The van der Waals surface area contributed by atoms with Crippen molar-refractivity contribution in [2.45, 2.75) is 32.2 Å². The fraction of sp³-hybridized carbons (Fsp3) is 0.467. The minimum atomic E-state index is 0. The van der Waals surface area contributed by atoms with E-state index >= 15 is 0 Å². The number of aryl methyl sites for hydroxylation is 1. The maximum atomic E-state index is 12.0. The Morgan fingerprint density at radius 1 is 1.39 bits per heavy atom. The van der Waals surface area contributed by atoms with Gasteiger partial charge in [-0.05, 0) is 45.0 Å². The average molecular weight is 378 g/mol. The van der Waals surface area contributed by atoms with Crippen LogP contribution < -0.4 is 10.6 Å². The minimum absolute atomic E-state index is 0. The van der Waals surface area contributed by atoms with E-state index in [1.807, 2.05) is 24.4 Å². The van der Waals surface area contributed by atoms with Crippen molar-refractivity contribution in [1.82, 2.24) is 15.6 Å². The van der Waals surface area contributed by atoms with Crippen LogP contribution in [0, 0.1) is 6.92 Å². The predicted octanol–water partition coefficient (Wildman–Crippen LogP) is 2.97. The van der Waals surface area contributed by atoms with E-state index in [9.17, 15) is 4.79 Å². The lowest BCUT2D eigenvalue weighted by molar-refractivity contribution is -0.121. The quantitative estimate of drug-likeness (QED) is 0.859. The second-order valence-electron chi connectivity index (χ2n) is 5.32. The number of aromatic nitrogens is 1. The number of carbonyl (C=O) groups excluding carboxylic acids is 1. The van der Waals surface area contributed by atoms with Crippen molar-refractivity contribution in [2.24, 2.45) is 0 Å². The molecule has 1 saturated heterocycles. The van der Waals surface area contributed by atoms with E-state index in [2.05, 4.69) is 15.6 Å². The molecular weight excluding hydrogens is 357 g/mol. The fourth-order valence-corrected chi connectivity index (χ4v) is 3.24. The molecule has 0 spiro atoms. The lowest BCUT2D eigenvalue weighted by Gasteiger charge is -2.23. The summed E-state index contributed by atoms with van der Waals surface area (Å²) in [5.41, 5.74) is 0.801. The number of piperidine rings is 1. The van der Waals surface area contributed by atoms with Gasteiger partial charge in [-0.2, -0.15) is 0 Å². The van der Waals surface area contributed by atoms with Crippen molar-refractivity contribution in [3.05, 3.63) is 29.0 Å². The van der Waals surface area contributed by atoms with E-state index in [0.29, 0.717) is 12.5 Å². The molecule has 1 aliphatic rings. The van der Waals surface area contributed by atoms with Crippen LogP contribution in [0.1, 0.15) is 24.3 Å². The Morgan fingerprint density at radius 3 is 2.78 bits per heavy atom. The molecule has 0 aliphatic carbocycles. The number of nitrogens with one attached hydrogen (secondary N) is 2. The highest BCUT2D eigenvalue weighted by Crippen LogP contribution is 2.25. The number of hydrogen-bond acceptors (Lipinski definition) is 5. The standard InChI is InChI=1S/C15H19N3O2S.2ClH/c1-10-2-3-13(20-10)15-18-12(9-21-15)8-14(19)17-11-4-6-16-7-5-11;;/h2-3,9,11,16H,4-8H2,1H3,(H,17,19);2*1H. The Morgan fingerprint density at radius 2 is 2.13 bits per heavy atom. The normalized spacial score (nSPS) is 14.7. The number of thiazole rings is 1. The van der Waals surface area contributed by atoms with E-state index in [4.69, 9.17) is 4.42 Å². The zero-order valence-electron chi connectivity index (χ0n) is 12.8. The lowest BCUT2D eigenvalue weighted by Crippen LogP contribution is -2.43. The van der Waals surface area contributed by atoms with Gasteiger partial charge < -0.3 is 15.1 Å². The first-order valence-corrected chi connectivity index (χ1v) is 8.10. The average Bonchev–Trinajstić information content (AvgIpc) is 3.09. The molecule has 1 aliphatic heterocycles. The van der Waals surface area contributed by atoms with Crippen molar-refractivity contribution >= 4 is 42.1 Å². The highest BCUT2D eigenvalue weighted by atomic mass is 35.5. The summed E-state index contributed by atoms with van der Waals surface area (Å²) in [7, 11) is 0. The molecule has 0 atom stereocenters. The van der Waals surface area contributed by atoms with Gasteiger partial charge in [0.15, 0.2) is 10.8 Å². The first-order chi connectivity index (χ1) is 10.2. The van der Waals surface area contributed by atoms with Crippen molar-refractivity contribution in [3.63, 3.8) is 0 Å². The molecule has 2 aromatic rings. The number of nitrogens with zero attached hydrogens (tertiary/aromatic N) is 1. The van der Waals surface area contributed by atoms with E-state index in [1.54, 1.807) is 0 Å². The van der Waals surface area contributed by atoms with Crippen LogP contribution in [0.15, 0.2) is 21.9 Å². The molecule has 23 heavy (non-hydrogen) atoms. The minimum Gasteiger partial charge on any atom is -0.459 e. The lowest BCUT2D eigenvalue weighted by atomic mass is 10.1. The van der Waals surface area contributed by atoms with E-state index in [0.717, 1.165) is 48.2 Å². The second-order valence-corrected chi connectivity index (χ2v) is 6.18. The third-order valence-electron chi connectivity index (χ3n) is 3.55. The third-order valence-corrected chi connectivity index (χ3v) is 4.45. The monoisotopic (exact) mass is 377 g/mol. The van der Waals surface area contributed by atoms with Crippen molar-refractivity contribution in [1.29, 1.82) is 0 Å². The second kappa shape index (κ2) is 9.27. The number of amides is 1. The summed E-state index contributed by atoms with van der Waals surface area (Å²) in [4.78, 5) is 16.5. The molecule has 1 fully saturated rings. The molecule has 3 rings (SSSR count). The maximum Gasteiger partial charge on any atom is 0.226 e. The zero-order chi connectivity index (χ0) is 14.7. The summed E-state index contributed by atoms with van der Waals surface area (Å²) in [5.74, 6) is 1.68. The van der Waals surface area contributed by atoms with Crippen LogP contribution in [0.4, 0.5) is 0 Å². The van der Waals surface area contributed by atoms with Gasteiger partial charge in [-0.3, -0.25) is 4.79 Å². The van der Waals surface area contributed by atoms with Crippen LogP contribution >= 0.6 is 36.2 Å². The summed E-state index contributed by atoms with van der Waals surface area (Å²) in [6, 6.07) is 4.12. The van der Waals surface area contributed by atoms with Gasteiger partial charge in [0, 0.05) is 11.4 Å². The highest BCUT2D eigenvalue weighted by molar-refractivity contribution is 7.13. The SMILES string of the molecule is Cc1ccc(-c2nc(CC(=O)NC3CCNCC3)cs2)o1.Cl.Cl. The first kappa shape index (κ1) is 20.0. The fourth-order valence-electron chi connectivity index (χ4n) is 2.46. The summed E-state index contributed by atoms with van der Waals surface area (Å²) < 4.78 is 5.55. The van der Waals surface area contributed by atoms with Gasteiger partial charge >= 0.3 is 0 Å².